The van der Waals surface area contributed by atoms with Gasteiger partial charge in [-0.1, -0.05) is 20.8 Å². The van der Waals surface area contributed by atoms with Gasteiger partial charge < -0.3 is 10.1 Å². The van der Waals surface area contributed by atoms with Crippen LogP contribution >= 0.6 is 0 Å². The monoisotopic (exact) mass is 245 g/mol. The zero-order valence-electron chi connectivity index (χ0n) is 11.9. The molecule has 5 nitrogen and oxygen atoms in total. The molecule has 5 heteroatoms. The molecule has 0 bridgehead atoms. The Hall–Kier alpha value is -0.650. The lowest BCUT2D eigenvalue weighted by Gasteiger charge is -2.33. The Morgan fingerprint density at radius 2 is 1.65 bits per heavy atom. The molecule has 0 fully saturated rings. The van der Waals surface area contributed by atoms with Gasteiger partial charge in [-0.2, -0.15) is 0 Å². The molecule has 17 heavy (non-hydrogen) atoms. The first-order chi connectivity index (χ1) is 7.40. The summed E-state index contributed by atoms with van der Waals surface area (Å²) >= 11 is 0. The van der Waals surface area contributed by atoms with Crippen LogP contribution < -0.4 is 16.8 Å². The highest BCUT2D eigenvalue weighted by molar-refractivity contribution is 5.82. The first-order valence-electron chi connectivity index (χ1n) is 5.94. The highest BCUT2D eigenvalue weighted by Crippen LogP contribution is 2.21. The Balaban J connectivity index is 4.40. The van der Waals surface area contributed by atoms with Gasteiger partial charge in [0.25, 0.3) is 0 Å². The summed E-state index contributed by atoms with van der Waals surface area (Å²) in [6.45, 7) is 11.4. The highest BCUT2D eigenvalue weighted by Gasteiger charge is 2.31. The predicted molar refractivity (Wildman–Crippen MR) is 69.0 cm³/mol. The van der Waals surface area contributed by atoms with Crippen LogP contribution in [0.25, 0.3) is 0 Å². The normalized spacial score (nSPS) is 13.6. The number of hydrogen-bond donors (Lipinski definition) is 3. The summed E-state index contributed by atoms with van der Waals surface area (Å²) in [5.74, 6) is -1.17. The fraction of sp³-hybridized carbons (Fsp3) is 0.917. The van der Waals surface area contributed by atoms with E-state index in [-0.39, 0.29) is 17.9 Å². The summed E-state index contributed by atoms with van der Waals surface area (Å²) in [4.78, 5) is 12.0. The number of hydrogen-bond acceptors (Lipinski definition) is 4. The zero-order chi connectivity index (χ0) is 13.9. The Bertz CT molecular complexity index is 267. The van der Waals surface area contributed by atoms with Crippen LogP contribution in [-0.2, 0) is 9.53 Å². The van der Waals surface area contributed by atoms with Crippen LogP contribution in [0.5, 0.6) is 0 Å². The lowest BCUT2D eigenvalue weighted by atomic mass is 9.88. The maximum atomic E-state index is 12.0. The summed E-state index contributed by atoms with van der Waals surface area (Å²) in [6, 6.07) is 0. The molecule has 0 aliphatic rings. The molecule has 0 radical (unpaired) electrons. The average molecular weight is 245 g/mol. The summed E-state index contributed by atoms with van der Waals surface area (Å²) in [5.41, 5.74) is 10.2. The van der Waals surface area contributed by atoms with E-state index in [1.54, 1.807) is 6.92 Å². The van der Waals surface area contributed by atoms with Crippen LogP contribution in [-0.4, -0.2) is 23.9 Å². The Morgan fingerprint density at radius 3 is 2.00 bits per heavy atom. The fourth-order valence-electron chi connectivity index (χ4n) is 1.01. The second-order valence-corrected chi connectivity index (χ2v) is 6.05. The third-order valence-corrected chi connectivity index (χ3v) is 2.69. The highest BCUT2D eigenvalue weighted by atomic mass is 16.5. The Labute approximate surface area is 104 Å². The number of ether oxygens (including phenoxy) is 1. The minimum absolute atomic E-state index is 0.00402. The molecular formula is C12H27N3O2. The van der Waals surface area contributed by atoms with Crippen LogP contribution in [0, 0.1) is 5.41 Å². The van der Waals surface area contributed by atoms with E-state index in [1.807, 2.05) is 34.6 Å². The van der Waals surface area contributed by atoms with Crippen molar-refractivity contribution in [1.82, 2.24) is 5.32 Å². The van der Waals surface area contributed by atoms with Gasteiger partial charge in [-0.3, -0.25) is 16.3 Å². The fourth-order valence-corrected chi connectivity index (χ4v) is 1.01. The number of nitrogens with one attached hydrogen (secondary N) is 1. The van der Waals surface area contributed by atoms with Crippen LogP contribution in [0.1, 0.15) is 48.0 Å². The molecule has 0 saturated carbocycles. The number of amides is 1. The summed E-state index contributed by atoms with van der Waals surface area (Å²) in [7, 11) is 0. The van der Waals surface area contributed by atoms with E-state index >= 15 is 0 Å². The summed E-state index contributed by atoms with van der Waals surface area (Å²) in [6.07, 6.45) is 0.779. The van der Waals surface area contributed by atoms with Crippen LogP contribution in [0.15, 0.2) is 0 Å². The molecular weight excluding hydrogens is 218 g/mol. The SMILES string of the molecule is CCC(C)(C)C(=O)NC(C)(C)COC(C)(N)N. The minimum atomic E-state index is -1.18. The van der Waals surface area contributed by atoms with Crippen molar-refractivity contribution >= 4 is 5.91 Å². The standard InChI is InChI=1S/C12H27N3O2/c1-7-10(2,3)9(16)15-11(4,5)8-17-12(6,13)14/h7-8,13-14H2,1-6H3,(H,15,16). The van der Waals surface area contributed by atoms with Gasteiger partial charge in [0.05, 0.1) is 12.1 Å². The molecule has 5 N–H and O–H groups in total. The van der Waals surface area contributed by atoms with Crippen molar-refractivity contribution in [2.45, 2.75) is 59.4 Å². The topological polar surface area (TPSA) is 90.4 Å². The van der Waals surface area contributed by atoms with Gasteiger partial charge >= 0.3 is 0 Å². The van der Waals surface area contributed by atoms with Gasteiger partial charge in [0, 0.05) is 5.41 Å². The molecule has 0 aliphatic heterocycles. The van der Waals surface area contributed by atoms with E-state index in [0.29, 0.717) is 0 Å². The molecule has 0 saturated heterocycles. The van der Waals surface area contributed by atoms with Crippen molar-refractivity contribution in [1.29, 1.82) is 0 Å². The number of rotatable bonds is 6. The van der Waals surface area contributed by atoms with Gasteiger partial charge in [-0.15, -0.1) is 0 Å². The quantitative estimate of drug-likeness (QED) is 0.607. The van der Waals surface area contributed by atoms with E-state index in [9.17, 15) is 4.79 Å². The third-order valence-electron chi connectivity index (χ3n) is 2.69. The van der Waals surface area contributed by atoms with E-state index in [4.69, 9.17) is 16.2 Å². The lowest BCUT2D eigenvalue weighted by Crippen LogP contribution is -2.56. The van der Waals surface area contributed by atoms with Crippen molar-refractivity contribution in [3.8, 4) is 0 Å². The molecule has 1 amide bonds. The second kappa shape index (κ2) is 5.33. The molecule has 0 heterocycles. The number of carbonyl (C=O) groups is 1. The molecule has 0 atom stereocenters. The Kier molecular flexibility index (Phi) is 5.13. The number of carbonyl (C=O) groups excluding carboxylic acids is 1. The molecule has 0 unspecified atom stereocenters. The van der Waals surface area contributed by atoms with E-state index in [1.165, 1.54) is 0 Å². The van der Waals surface area contributed by atoms with Gasteiger partial charge in [0.15, 0.2) is 5.85 Å². The molecule has 0 spiro atoms. The van der Waals surface area contributed by atoms with Crippen molar-refractivity contribution in [3.63, 3.8) is 0 Å². The maximum Gasteiger partial charge on any atom is 0.226 e. The number of nitrogens with two attached hydrogens (primary N) is 2. The predicted octanol–water partition coefficient (Wildman–Crippen LogP) is 0.925. The van der Waals surface area contributed by atoms with Gasteiger partial charge in [0.2, 0.25) is 5.91 Å². The van der Waals surface area contributed by atoms with Crippen molar-refractivity contribution in [2.75, 3.05) is 6.61 Å². The smallest absolute Gasteiger partial charge is 0.226 e. The first-order valence-corrected chi connectivity index (χ1v) is 5.94. The van der Waals surface area contributed by atoms with Gasteiger partial charge in [0.1, 0.15) is 0 Å². The third kappa shape index (κ3) is 6.61. The van der Waals surface area contributed by atoms with Gasteiger partial charge in [-0.05, 0) is 27.2 Å². The first kappa shape index (κ1) is 16.4. The minimum Gasteiger partial charge on any atom is -0.348 e. The largest absolute Gasteiger partial charge is 0.348 e. The molecule has 102 valence electrons. The molecule has 0 aromatic rings. The van der Waals surface area contributed by atoms with Crippen LogP contribution in [0.3, 0.4) is 0 Å². The molecule has 0 rings (SSSR count). The average Bonchev–Trinajstić information content (AvgIpc) is 2.13. The summed E-state index contributed by atoms with van der Waals surface area (Å²) < 4.78 is 5.28. The molecule has 0 aliphatic carbocycles. The lowest BCUT2D eigenvalue weighted by molar-refractivity contribution is -0.133. The van der Waals surface area contributed by atoms with E-state index in [2.05, 4.69) is 5.32 Å². The van der Waals surface area contributed by atoms with Crippen molar-refractivity contribution in [2.24, 2.45) is 16.9 Å². The van der Waals surface area contributed by atoms with Gasteiger partial charge in [-0.25, -0.2) is 0 Å². The van der Waals surface area contributed by atoms with E-state index in [0.717, 1.165) is 6.42 Å². The van der Waals surface area contributed by atoms with E-state index < -0.39 is 11.4 Å². The summed E-state index contributed by atoms with van der Waals surface area (Å²) in [5, 5.41) is 2.94. The van der Waals surface area contributed by atoms with Crippen LogP contribution in [0.2, 0.25) is 0 Å². The molecule has 0 aromatic heterocycles. The zero-order valence-corrected chi connectivity index (χ0v) is 11.9. The van der Waals surface area contributed by atoms with Crippen molar-refractivity contribution < 1.29 is 9.53 Å². The maximum absolute atomic E-state index is 12.0. The van der Waals surface area contributed by atoms with Crippen LogP contribution in [0.4, 0.5) is 0 Å². The molecule has 0 aromatic carbocycles. The second-order valence-electron chi connectivity index (χ2n) is 6.05. The Morgan fingerprint density at radius 1 is 1.18 bits per heavy atom. The van der Waals surface area contributed by atoms with Crippen molar-refractivity contribution in [3.05, 3.63) is 0 Å².